The van der Waals surface area contributed by atoms with E-state index >= 15 is 0 Å². The van der Waals surface area contributed by atoms with Crippen LogP contribution in [0.5, 0.6) is 5.75 Å². The lowest BCUT2D eigenvalue weighted by Crippen LogP contribution is -2.15. The van der Waals surface area contributed by atoms with E-state index in [1.165, 1.54) is 37.4 Å². The first-order valence-electron chi connectivity index (χ1n) is 6.55. The minimum Gasteiger partial charge on any atom is -0.494 e. The van der Waals surface area contributed by atoms with Crippen molar-refractivity contribution in [2.45, 2.75) is 4.90 Å². The Morgan fingerprint density at radius 1 is 1.00 bits per heavy atom. The van der Waals surface area contributed by atoms with Gasteiger partial charge in [0.25, 0.3) is 10.0 Å². The molecule has 2 N–H and O–H groups in total. The predicted octanol–water partition coefficient (Wildman–Crippen LogP) is 2.01. The maximum atomic E-state index is 13.7. The van der Waals surface area contributed by atoms with Gasteiger partial charge < -0.3 is 4.74 Å². The van der Waals surface area contributed by atoms with Crippen LogP contribution in [0.15, 0.2) is 47.4 Å². The van der Waals surface area contributed by atoms with Crippen molar-refractivity contribution < 1.29 is 26.0 Å². The highest BCUT2D eigenvalue weighted by Crippen LogP contribution is 2.30. The average molecular weight is 374 g/mol. The summed E-state index contributed by atoms with van der Waals surface area (Å²) >= 11 is 0. The van der Waals surface area contributed by atoms with Crippen molar-refractivity contribution >= 4 is 31.4 Å². The number of hydrogen-bond donors (Lipinski definition) is 2. The Labute approximate surface area is 139 Å². The molecule has 7 nitrogen and oxygen atoms in total. The molecular weight excluding hydrogens is 359 g/mol. The van der Waals surface area contributed by atoms with Crippen LogP contribution in [0.1, 0.15) is 0 Å². The van der Waals surface area contributed by atoms with Crippen molar-refractivity contribution in [3.63, 3.8) is 0 Å². The molecule has 0 fully saturated rings. The molecule has 0 bridgehead atoms. The van der Waals surface area contributed by atoms with Gasteiger partial charge >= 0.3 is 0 Å². The molecule has 0 aliphatic carbocycles. The zero-order valence-electron chi connectivity index (χ0n) is 12.8. The van der Waals surface area contributed by atoms with Crippen molar-refractivity contribution in [1.29, 1.82) is 0 Å². The number of benzene rings is 2. The van der Waals surface area contributed by atoms with Crippen LogP contribution in [0, 0.1) is 5.82 Å². The highest BCUT2D eigenvalue weighted by atomic mass is 32.2. The first kappa shape index (κ1) is 18.0. The fourth-order valence-corrected chi connectivity index (χ4v) is 3.61. The summed E-state index contributed by atoms with van der Waals surface area (Å²) in [6, 6.07) is 8.89. The molecule has 0 unspecified atom stereocenters. The topological polar surface area (TPSA) is 102 Å². The molecule has 130 valence electrons. The van der Waals surface area contributed by atoms with Crippen LogP contribution in [0.4, 0.5) is 15.8 Å². The average Bonchev–Trinajstić information content (AvgIpc) is 2.47. The number of hydrogen-bond acceptors (Lipinski definition) is 5. The molecule has 2 rings (SSSR count). The predicted molar refractivity (Wildman–Crippen MR) is 88.7 cm³/mol. The van der Waals surface area contributed by atoms with Crippen molar-refractivity contribution in [3.8, 4) is 5.75 Å². The Morgan fingerprint density at radius 3 is 2.25 bits per heavy atom. The van der Waals surface area contributed by atoms with Gasteiger partial charge in [-0.2, -0.15) is 0 Å². The summed E-state index contributed by atoms with van der Waals surface area (Å²) in [4.78, 5) is -0.498. The SMILES string of the molecule is COc1cc(NS(=O)(=O)c2ccccc2F)ccc1NS(C)(=O)=O. The number of ether oxygens (including phenoxy) is 1. The van der Waals surface area contributed by atoms with Crippen LogP contribution in [0.2, 0.25) is 0 Å². The lowest BCUT2D eigenvalue weighted by molar-refractivity contribution is 0.417. The van der Waals surface area contributed by atoms with Gasteiger partial charge in [-0.05, 0) is 24.3 Å². The van der Waals surface area contributed by atoms with Gasteiger partial charge in [-0.25, -0.2) is 21.2 Å². The van der Waals surface area contributed by atoms with Gasteiger partial charge in [0.15, 0.2) is 0 Å². The Morgan fingerprint density at radius 2 is 1.67 bits per heavy atom. The lowest BCUT2D eigenvalue weighted by Gasteiger charge is -2.13. The van der Waals surface area contributed by atoms with Crippen LogP contribution in [-0.2, 0) is 20.0 Å². The molecule has 2 aromatic rings. The van der Waals surface area contributed by atoms with Crippen molar-refractivity contribution in [3.05, 3.63) is 48.3 Å². The summed E-state index contributed by atoms with van der Waals surface area (Å²) in [7, 11) is -6.36. The zero-order valence-corrected chi connectivity index (χ0v) is 14.4. The van der Waals surface area contributed by atoms with E-state index < -0.39 is 30.8 Å². The smallest absolute Gasteiger partial charge is 0.264 e. The third-order valence-corrected chi connectivity index (χ3v) is 4.88. The summed E-state index contributed by atoms with van der Waals surface area (Å²) in [6.07, 6.45) is 0.973. The second-order valence-corrected chi connectivity index (χ2v) is 8.22. The normalized spacial score (nSPS) is 11.8. The van der Waals surface area contributed by atoms with E-state index in [1.54, 1.807) is 0 Å². The molecule has 0 aliphatic heterocycles. The lowest BCUT2D eigenvalue weighted by atomic mass is 10.2. The van der Waals surface area contributed by atoms with Gasteiger partial charge in [0.2, 0.25) is 10.0 Å². The van der Waals surface area contributed by atoms with Crippen LogP contribution < -0.4 is 14.2 Å². The van der Waals surface area contributed by atoms with E-state index in [0.717, 1.165) is 18.4 Å². The third-order valence-electron chi connectivity index (χ3n) is 2.88. The fourth-order valence-electron chi connectivity index (χ4n) is 1.91. The number of rotatable bonds is 6. The zero-order chi connectivity index (χ0) is 18.0. The van der Waals surface area contributed by atoms with Crippen molar-refractivity contribution in [1.82, 2.24) is 0 Å². The van der Waals surface area contributed by atoms with E-state index in [9.17, 15) is 21.2 Å². The van der Waals surface area contributed by atoms with Gasteiger partial charge in [0.05, 0.1) is 24.7 Å². The molecule has 0 spiro atoms. The highest BCUT2D eigenvalue weighted by Gasteiger charge is 2.19. The van der Waals surface area contributed by atoms with E-state index in [0.29, 0.717) is 0 Å². The molecule has 24 heavy (non-hydrogen) atoms. The Hall–Kier alpha value is -2.33. The molecule has 0 aromatic heterocycles. The molecule has 0 amide bonds. The third kappa shape index (κ3) is 4.36. The second kappa shape index (κ2) is 6.65. The van der Waals surface area contributed by atoms with Crippen molar-refractivity contribution in [2.24, 2.45) is 0 Å². The first-order valence-corrected chi connectivity index (χ1v) is 9.93. The molecule has 10 heteroatoms. The number of methoxy groups -OCH3 is 1. The van der Waals surface area contributed by atoms with Crippen LogP contribution in [0.25, 0.3) is 0 Å². The molecule has 0 heterocycles. The molecule has 0 atom stereocenters. The maximum absolute atomic E-state index is 13.7. The molecular formula is C14H15FN2O5S2. The summed E-state index contributed by atoms with van der Waals surface area (Å²) < 4.78 is 70.2. The van der Waals surface area contributed by atoms with Crippen LogP contribution >= 0.6 is 0 Å². The van der Waals surface area contributed by atoms with E-state index in [1.807, 2.05) is 0 Å². The number of halogens is 1. The number of sulfonamides is 2. The number of nitrogens with one attached hydrogen (secondary N) is 2. The molecule has 0 radical (unpaired) electrons. The molecule has 0 saturated carbocycles. The van der Waals surface area contributed by atoms with Gasteiger partial charge in [0, 0.05) is 6.07 Å². The van der Waals surface area contributed by atoms with Gasteiger partial charge in [-0.3, -0.25) is 9.44 Å². The van der Waals surface area contributed by atoms with Crippen LogP contribution in [-0.4, -0.2) is 30.2 Å². The molecule has 0 saturated heterocycles. The summed E-state index contributed by atoms with van der Waals surface area (Å²) in [5.74, 6) is -0.776. The molecule has 0 aliphatic rings. The summed E-state index contributed by atoms with van der Waals surface area (Å²) in [6.45, 7) is 0. The minimum absolute atomic E-state index is 0.0918. The van der Waals surface area contributed by atoms with E-state index in [2.05, 4.69) is 9.44 Å². The Balaban J connectivity index is 2.35. The first-order chi connectivity index (χ1) is 11.1. The van der Waals surface area contributed by atoms with Gasteiger partial charge in [0.1, 0.15) is 16.5 Å². The van der Waals surface area contributed by atoms with Gasteiger partial charge in [-0.15, -0.1) is 0 Å². The maximum Gasteiger partial charge on any atom is 0.264 e. The number of anilines is 2. The largest absolute Gasteiger partial charge is 0.494 e. The minimum atomic E-state index is -4.14. The van der Waals surface area contributed by atoms with Gasteiger partial charge in [-0.1, -0.05) is 12.1 Å². The van der Waals surface area contributed by atoms with E-state index in [4.69, 9.17) is 4.74 Å². The monoisotopic (exact) mass is 374 g/mol. The fraction of sp³-hybridized carbons (Fsp3) is 0.143. The Bertz CT molecular complexity index is 959. The molecule has 2 aromatic carbocycles. The van der Waals surface area contributed by atoms with Crippen LogP contribution in [0.3, 0.4) is 0 Å². The Kier molecular flexibility index (Phi) is 4.99. The highest BCUT2D eigenvalue weighted by molar-refractivity contribution is 7.92. The summed E-state index contributed by atoms with van der Waals surface area (Å²) in [5.41, 5.74) is 0.239. The second-order valence-electron chi connectivity index (χ2n) is 4.83. The standard InChI is InChI=1S/C14H15FN2O5S2/c1-22-13-9-10(7-8-12(13)17-23(2,18)19)16-24(20,21)14-6-4-3-5-11(14)15/h3-9,16-17H,1-2H3. The van der Waals surface area contributed by atoms with Crippen molar-refractivity contribution in [2.75, 3.05) is 22.8 Å². The quantitative estimate of drug-likeness (QED) is 0.805. The van der Waals surface area contributed by atoms with E-state index in [-0.39, 0.29) is 17.1 Å². The summed E-state index contributed by atoms with van der Waals surface area (Å²) in [5, 5.41) is 0.